The lowest BCUT2D eigenvalue weighted by atomic mass is 10.0. The third-order valence-corrected chi connectivity index (χ3v) is 1.91. The normalized spacial score (nSPS) is 11.2. The topological polar surface area (TPSA) is 29.1 Å². The van der Waals surface area contributed by atoms with Gasteiger partial charge in [0.25, 0.3) is 0 Å². The molecule has 1 unspecified atom stereocenters. The summed E-state index contributed by atoms with van der Waals surface area (Å²) in [5.74, 6) is 0.753. The van der Waals surface area contributed by atoms with Crippen molar-refractivity contribution in [2.24, 2.45) is 5.92 Å². The van der Waals surface area contributed by atoms with Gasteiger partial charge in [-0.2, -0.15) is 0 Å². The lowest BCUT2D eigenvalue weighted by Crippen LogP contribution is -2.26. The van der Waals surface area contributed by atoms with Gasteiger partial charge in [-0.3, -0.25) is 4.79 Å². The Labute approximate surface area is 83.1 Å². The van der Waals surface area contributed by atoms with Gasteiger partial charge < -0.3 is 5.32 Å². The van der Waals surface area contributed by atoms with Crippen LogP contribution < -0.4 is 5.32 Å². The zero-order valence-electron chi connectivity index (χ0n) is 9.81. The fourth-order valence-electron chi connectivity index (χ4n) is 1.15. The first-order valence-electron chi connectivity index (χ1n) is 5.45. The van der Waals surface area contributed by atoms with Crippen molar-refractivity contribution in [1.82, 2.24) is 5.32 Å². The number of hydrogen-bond acceptors (Lipinski definition) is 1. The summed E-state index contributed by atoms with van der Waals surface area (Å²) in [6.07, 6.45) is 3.59. The molecule has 2 heteroatoms. The Morgan fingerprint density at radius 1 is 1.31 bits per heavy atom. The molecule has 2 nitrogen and oxygen atoms in total. The maximum atomic E-state index is 10.6. The molecule has 0 aromatic heterocycles. The Balaban J connectivity index is 0. The van der Waals surface area contributed by atoms with Crippen LogP contribution in [0, 0.1) is 5.92 Å². The zero-order valence-corrected chi connectivity index (χ0v) is 9.81. The molecule has 13 heavy (non-hydrogen) atoms. The predicted molar refractivity (Wildman–Crippen MR) is 58.7 cm³/mol. The highest BCUT2D eigenvalue weighted by Gasteiger charge is 2.04. The second-order valence-electron chi connectivity index (χ2n) is 3.00. The summed E-state index contributed by atoms with van der Waals surface area (Å²) in [6.45, 7) is 10.8. The highest BCUT2D eigenvalue weighted by Crippen LogP contribution is 2.08. The van der Waals surface area contributed by atoms with Crippen molar-refractivity contribution in [3.63, 3.8) is 0 Å². The molecule has 0 spiro atoms. The molecule has 0 aliphatic rings. The number of rotatable bonds is 5. The standard InChI is InChI=1S/C9H19NO.C2H6/c1-4-6-9(5-2)7-10-8(3)11;1-2/h9H,4-7H2,1-3H3,(H,10,11);1-2H3. The van der Waals surface area contributed by atoms with Gasteiger partial charge in [-0.15, -0.1) is 0 Å². The third kappa shape index (κ3) is 11.5. The van der Waals surface area contributed by atoms with Crippen molar-refractivity contribution in [2.75, 3.05) is 6.54 Å². The fourth-order valence-corrected chi connectivity index (χ4v) is 1.15. The maximum absolute atomic E-state index is 10.6. The van der Waals surface area contributed by atoms with Crippen molar-refractivity contribution >= 4 is 5.91 Å². The first-order chi connectivity index (χ1) is 6.20. The number of nitrogens with one attached hydrogen (secondary N) is 1. The van der Waals surface area contributed by atoms with Crippen LogP contribution in [0.2, 0.25) is 0 Å². The van der Waals surface area contributed by atoms with E-state index in [1.807, 2.05) is 13.8 Å². The van der Waals surface area contributed by atoms with Crippen molar-refractivity contribution in [3.8, 4) is 0 Å². The summed E-state index contributed by atoms with van der Waals surface area (Å²) in [4.78, 5) is 10.6. The first kappa shape index (κ1) is 15.0. The van der Waals surface area contributed by atoms with Gasteiger partial charge in [0.1, 0.15) is 0 Å². The monoisotopic (exact) mass is 187 g/mol. The summed E-state index contributed by atoms with van der Waals surface area (Å²) in [5.41, 5.74) is 0. The summed E-state index contributed by atoms with van der Waals surface area (Å²) in [6, 6.07) is 0. The van der Waals surface area contributed by atoms with Crippen molar-refractivity contribution in [3.05, 3.63) is 0 Å². The van der Waals surface area contributed by atoms with Gasteiger partial charge in [0, 0.05) is 13.5 Å². The highest BCUT2D eigenvalue weighted by atomic mass is 16.1. The fraction of sp³-hybridized carbons (Fsp3) is 0.909. The Bertz CT molecular complexity index is 113. The van der Waals surface area contributed by atoms with Gasteiger partial charge in [0.2, 0.25) is 5.91 Å². The van der Waals surface area contributed by atoms with Gasteiger partial charge >= 0.3 is 0 Å². The Kier molecular flexibility index (Phi) is 13.2. The van der Waals surface area contributed by atoms with Crippen molar-refractivity contribution in [1.29, 1.82) is 0 Å². The lowest BCUT2D eigenvalue weighted by molar-refractivity contribution is -0.119. The summed E-state index contributed by atoms with van der Waals surface area (Å²) >= 11 is 0. The minimum Gasteiger partial charge on any atom is -0.356 e. The SMILES string of the molecule is CC.CCCC(CC)CNC(C)=O. The van der Waals surface area contributed by atoms with Gasteiger partial charge in [-0.1, -0.05) is 40.5 Å². The van der Waals surface area contributed by atoms with Gasteiger partial charge in [-0.25, -0.2) is 0 Å². The molecule has 0 aliphatic heterocycles. The van der Waals surface area contributed by atoms with Crippen molar-refractivity contribution < 1.29 is 4.79 Å². The highest BCUT2D eigenvalue weighted by molar-refractivity contribution is 5.72. The smallest absolute Gasteiger partial charge is 0.216 e. The van der Waals surface area contributed by atoms with Crippen LogP contribution in [-0.2, 0) is 4.79 Å². The molecule has 1 amide bonds. The van der Waals surface area contributed by atoms with E-state index in [0.29, 0.717) is 5.92 Å². The molecule has 80 valence electrons. The molecule has 0 rings (SSSR count). The second-order valence-corrected chi connectivity index (χ2v) is 3.00. The zero-order chi connectivity index (χ0) is 10.7. The first-order valence-corrected chi connectivity index (χ1v) is 5.45. The molecule has 0 bridgehead atoms. The summed E-state index contributed by atoms with van der Waals surface area (Å²) in [7, 11) is 0. The summed E-state index contributed by atoms with van der Waals surface area (Å²) < 4.78 is 0. The van der Waals surface area contributed by atoms with Crippen LogP contribution in [0.15, 0.2) is 0 Å². The van der Waals surface area contributed by atoms with E-state index in [4.69, 9.17) is 0 Å². The molecule has 0 aromatic carbocycles. The van der Waals surface area contributed by atoms with E-state index < -0.39 is 0 Å². The molecule has 0 heterocycles. The molecule has 0 saturated carbocycles. The number of carbonyl (C=O) groups excluding carboxylic acids is 1. The predicted octanol–water partition coefficient (Wildman–Crippen LogP) is 2.98. The maximum Gasteiger partial charge on any atom is 0.216 e. The van der Waals surface area contributed by atoms with E-state index in [9.17, 15) is 4.79 Å². The van der Waals surface area contributed by atoms with E-state index in [0.717, 1.165) is 13.0 Å². The minimum absolute atomic E-state index is 0.0829. The van der Waals surface area contributed by atoms with E-state index in [1.54, 1.807) is 6.92 Å². The van der Waals surface area contributed by atoms with Crippen LogP contribution >= 0.6 is 0 Å². The van der Waals surface area contributed by atoms with E-state index >= 15 is 0 Å². The minimum atomic E-state index is 0.0829. The van der Waals surface area contributed by atoms with E-state index in [2.05, 4.69) is 19.2 Å². The third-order valence-electron chi connectivity index (χ3n) is 1.91. The Hall–Kier alpha value is -0.530. The molecular weight excluding hydrogens is 162 g/mol. The van der Waals surface area contributed by atoms with E-state index in [-0.39, 0.29) is 5.91 Å². The number of hydrogen-bond donors (Lipinski definition) is 1. The second kappa shape index (κ2) is 11.5. The van der Waals surface area contributed by atoms with Gasteiger partial charge in [0.15, 0.2) is 0 Å². The van der Waals surface area contributed by atoms with Gasteiger partial charge in [0.05, 0.1) is 0 Å². The molecule has 1 N–H and O–H groups in total. The average Bonchev–Trinajstić information content (AvgIpc) is 2.15. The van der Waals surface area contributed by atoms with Crippen LogP contribution in [0.5, 0.6) is 0 Å². The molecule has 0 saturated heterocycles. The van der Waals surface area contributed by atoms with Crippen molar-refractivity contribution in [2.45, 2.75) is 53.9 Å². The Morgan fingerprint density at radius 2 is 1.85 bits per heavy atom. The molecular formula is C11H25NO. The molecule has 0 radical (unpaired) electrons. The largest absolute Gasteiger partial charge is 0.356 e. The van der Waals surface area contributed by atoms with E-state index in [1.165, 1.54) is 12.8 Å². The summed E-state index contributed by atoms with van der Waals surface area (Å²) in [5, 5.41) is 2.84. The van der Waals surface area contributed by atoms with Gasteiger partial charge in [-0.05, 0) is 12.3 Å². The van der Waals surface area contributed by atoms with Crippen LogP contribution in [0.4, 0.5) is 0 Å². The van der Waals surface area contributed by atoms with Crippen LogP contribution in [0.25, 0.3) is 0 Å². The number of amides is 1. The molecule has 0 fully saturated rings. The lowest BCUT2D eigenvalue weighted by Gasteiger charge is -2.13. The Morgan fingerprint density at radius 3 is 2.15 bits per heavy atom. The quantitative estimate of drug-likeness (QED) is 0.704. The van der Waals surface area contributed by atoms with Crippen LogP contribution in [-0.4, -0.2) is 12.5 Å². The molecule has 0 aromatic rings. The van der Waals surface area contributed by atoms with Crippen LogP contribution in [0.1, 0.15) is 53.9 Å². The number of carbonyl (C=O) groups is 1. The molecule has 0 aliphatic carbocycles. The van der Waals surface area contributed by atoms with Crippen LogP contribution in [0.3, 0.4) is 0 Å². The average molecular weight is 187 g/mol. The molecule has 1 atom stereocenters.